The number of carbonyl (C=O) groups excluding carboxylic acids is 1. The number of rotatable bonds is 5. The molecule has 0 radical (unpaired) electrons. The molecule has 0 unspecified atom stereocenters. The lowest BCUT2D eigenvalue weighted by atomic mass is 10.2. The van der Waals surface area contributed by atoms with Gasteiger partial charge in [0.15, 0.2) is 12.1 Å². The molecule has 0 N–H and O–H groups in total. The lowest BCUT2D eigenvalue weighted by molar-refractivity contribution is 0.111. The summed E-state index contributed by atoms with van der Waals surface area (Å²) in [7, 11) is 0. The molecule has 0 saturated heterocycles. The van der Waals surface area contributed by atoms with Crippen molar-refractivity contribution in [2.24, 2.45) is 0 Å². The molecule has 0 atom stereocenters. The second kappa shape index (κ2) is 5.30. The standard InChI is InChI=1S/C13H14N2O2/c1-11-2-4-12(5-3-11)17-9-8-15-7-6-14-13(15)10-16/h2-7,10H,8-9H2,1H3. The second-order valence-corrected chi connectivity index (χ2v) is 3.76. The van der Waals surface area contributed by atoms with E-state index in [1.807, 2.05) is 31.2 Å². The zero-order chi connectivity index (χ0) is 12.1. The van der Waals surface area contributed by atoms with Gasteiger partial charge in [-0.05, 0) is 19.1 Å². The number of ether oxygens (including phenoxy) is 1. The number of aryl methyl sites for hydroxylation is 1. The van der Waals surface area contributed by atoms with E-state index in [1.54, 1.807) is 17.0 Å². The fraction of sp³-hybridized carbons (Fsp3) is 0.231. The van der Waals surface area contributed by atoms with E-state index in [2.05, 4.69) is 4.98 Å². The van der Waals surface area contributed by atoms with Gasteiger partial charge in [0, 0.05) is 12.4 Å². The molecular weight excluding hydrogens is 216 g/mol. The summed E-state index contributed by atoms with van der Waals surface area (Å²) in [4.78, 5) is 14.5. The number of aldehydes is 1. The van der Waals surface area contributed by atoms with Crippen molar-refractivity contribution >= 4 is 6.29 Å². The van der Waals surface area contributed by atoms with Gasteiger partial charge in [-0.3, -0.25) is 4.79 Å². The fourth-order valence-corrected chi connectivity index (χ4v) is 1.52. The third-order valence-corrected chi connectivity index (χ3v) is 2.47. The van der Waals surface area contributed by atoms with Gasteiger partial charge in [-0.15, -0.1) is 0 Å². The predicted molar refractivity (Wildman–Crippen MR) is 64.3 cm³/mol. The van der Waals surface area contributed by atoms with Gasteiger partial charge in [-0.2, -0.15) is 0 Å². The average molecular weight is 230 g/mol. The van der Waals surface area contributed by atoms with Crippen LogP contribution < -0.4 is 4.74 Å². The van der Waals surface area contributed by atoms with Crippen LogP contribution in [0.1, 0.15) is 16.2 Å². The van der Waals surface area contributed by atoms with Crippen LogP contribution in [-0.2, 0) is 6.54 Å². The van der Waals surface area contributed by atoms with Gasteiger partial charge in [-0.1, -0.05) is 17.7 Å². The van der Waals surface area contributed by atoms with E-state index in [1.165, 1.54) is 5.56 Å². The van der Waals surface area contributed by atoms with Gasteiger partial charge in [0.2, 0.25) is 0 Å². The molecule has 0 amide bonds. The average Bonchev–Trinajstić information content (AvgIpc) is 2.79. The van der Waals surface area contributed by atoms with Crippen molar-refractivity contribution in [3.63, 3.8) is 0 Å². The number of imidazole rings is 1. The van der Waals surface area contributed by atoms with E-state index in [0.29, 0.717) is 19.0 Å². The topological polar surface area (TPSA) is 44.1 Å². The zero-order valence-corrected chi connectivity index (χ0v) is 9.67. The van der Waals surface area contributed by atoms with Crippen molar-refractivity contribution in [1.82, 2.24) is 9.55 Å². The van der Waals surface area contributed by atoms with Crippen molar-refractivity contribution in [3.8, 4) is 5.75 Å². The molecule has 4 heteroatoms. The molecule has 0 aliphatic heterocycles. The molecule has 0 bridgehead atoms. The molecule has 1 aromatic carbocycles. The maximum atomic E-state index is 10.6. The molecule has 1 heterocycles. The smallest absolute Gasteiger partial charge is 0.185 e. The summed E-state index contributed by atoms with van der Waals surface area (Å²) in [6, 6.07) is 7.88. The third-order valence-electron chi connectivity index (χ3n) is 2.47. The lowest BCUT2D eigenvalue weighted by Gasteiger charge is -2.07. The lowest BCUT2D eigenvalue weighted by Crippen LogP contribution is -2.10. The van der Waals surface area contributed by atoms with Crippen LogP contribution in [0.25, 0.3) is 0 Å². The van der Waals surface area contributed by atoms with Crippen LogP contribution in [0.5, 0.6) is 5.75 Å². The summed E-state index contributed by atoms with van der Waals surface area (Å²) in [6.45, 7) is 3.16. The predicted octanol–water partition coefficient (Wildman–Crippen LogP) is 2.08. The molecule has 0 aliphatic rings. The van der Waals surface area contributed by atoms with Crippen LogP contribution in [0.15, 0.2) is 36.7 Å². The Balaban J connectivity index is 1.87. The molecule has 0 aliphatic carbocycles. The van der Waals surface area contributed by atoms with E-state index < -0.39 is 0 Å². The molecule has 17 heavy (non-hydrogen) atoms. The van der Waals surface area contributed by atoms with Crippen LogP contribution in [0.4, 0.5) is 0 Å². The number of hydrogen-bond acceptors (Lipinski definition) is 3. The first-order valence-corrected chi connectivity index (χ1v) is 5.45. The third kappa shape index (κ3) is 2.93. The van der Waals surface area contributed by atoms with Gasteiger partial charge in [0.05, 0.1) is 6.54 Å². The Morgan fingerprint density at radius 2 is 2.12 bits per heavy atom. The molecule has 4 nitrogen and oxygen atoms in total. The summed E-state index contributed by atoms with van der Waals surface area (Å²) in [5.74, 6) is 1.26. The maximum Gasteiger partial charge on any atom is 0.185 e. The fourth-order valence-electron chi connectivity index (χ4n) is 1.52. The molecule has 1 aromatic heterocycles. The number of nitrogens with zero attached hydrogens (tertiary/aromatic N) is 2. The minimum Gasteiger partial charge on any atom is -0.492 e. The normalized spacial score (nSPS) is 10.2. The Hall–Kier alpha value is -2.10. The number of hydrogen-bond donors (Lipinski definition) is 0. The molecule has 88 valence electrons. The summed E-state index contributed by atoms with van der Waals surface area (Å²) in [5, 5.41) is 0. The van der Waals surface area contributed by atoms with Crippen molar-refractivity contribution in [2.45, 2.75) is 13.5 Å². The van der Waals surface area contributed by atoms with E-state index in [4.69, 9.17) is 4.74 Å². The summed E-state index contributed by atoms with van der Waals surface area (Å²) < 4.78 is 7.33. The Kier molecular flexibility index (Phi) is 3.55. The van der Waals surface area contributed by atoms with E-state index in [9.17, 15) is 4.79 Å². The van der Waals surface area contributed by atoms with Crippen LogP contribution in [-0.4, -0.2) is 22.4 Å². The Morgan fingerprint density at radius 1 is 1.35 bits per heavy atom. The Bertz CT molecular complexity index is 488. The largest absolute Gasteiger partial charge is 0.492 e. The number of aromatic nitrogens is 2. The highest BCUT2D eigenvalue weighted by atomic mass is 16.5. The molecule has 0 fully saturated rings. The SMILES string of the molecule is Cc1ccc(OCCn2ccnc2C=O)cc1. The summed E-state index contributed by atoms with van der Waals surface area (Å²) >= 11 is 0. The molecular formula is C13H14N2O2. The minimum absolute atomic E-state index is 0.428. The molecule has 2 aromatic rings. The molecule has 0 saturated carbocycles. The van der Waals surface area contributed by atoms with Crippen LogP contribution in [0.3, 0.4) is 0 Å². The van der Waals surface area contributed by atoms with Crippen molar-refractivity contribution in [3.05, 3.63) is 48.0 Å². The highest BCUT2D eigenvalue weighted by molar-refractivity contribution is 5.69. The first kappa shape index (κ1) is 11.4. The minimum atomic E-state index is 0.428. The van der Waals surface area contributed by atoms with Crippen LogP contribution >= 0.6 is 0 Å². The van der Waals surface area contributed by atoms with Gasteiger partial charge < -0.3 is 9.30 Å². The highest BCUT2D eigenvalue weighted by Crippen LogP contribution is 2.11. The molecule has 2 rings (SSSR count). The summed E-state index contributed by atoms with van der Waals surface area (Å²) in [6.07, 6.45) is 4.11. The monoisotopic (exact) mass is 230 g/mol. The highest BCUT2D eigenvalue weighted by Gasteiger charge is 2.00. The van der Waals surface area contributed by atoms with Crippen molar-refractivity contribution < 1.29 is 9.53 Å². The Labute approximate surface area is 99.9 Å². The Morgan fingerprint density at radius 3 is 2.82 bits per heavy atom. The quantitative estimate of drug-likeness (QED) is 0.739. The van der Waals surface area contributed by atoms with Crippen molar-refractivity contribution in [2.75, 3.05) is 6.61 Å². The summed E-state index contributed by atoms with van der Waals surface area (Å²) in [5.41, 5.74) is 1.20. The first-order chi connectivity index (χ1) is 8.29. The van der Waals surface area contributed by atoms with Crippen molar-refractivity contribution in [1.29, 1.82) is 0 Å². The number of carbonyl (C=O) groups is 1. The van der Waals surface area contributed by atoms with E-state index in [-0.39, 0.29) is 0 Å². The van der Waals surface area contributed by atoms with Gasteiger partial charge in [0.1, 0.15) is 12.4 Å². The van der Waals surface area contributed by atoms with E-state index in [0.717, 1.165) is 12.0 Å². The van der Waals surface area contributed by atoms with Crippen LogP contribution in [0.2, 0.25) is 0 Å². The van der Waals surface area contributed by atoms with Crippen LogP contribution in [0, 0.1) is 6.92 Å². The maximum absolute atomic E-state index is 10.6. The van der Waals surface area contributed by atoms with E-state index >= 15 is 0 Å². The van der Waals surface area contributed by atoms with Gasteiger partial charge in [-0.25, -0.2) is 4.98 Å². The molecule has 0 spiro atoms. The first-order valence-electron chi connectivity index (χ1n) is 5.45. The second-order valence-electron chi connectivity index (χ2n) is 3.76. The number of benzene rings is 1. The zero-order valence-electron chi connectivity index (χ0n) is 9.67. The van der Waals surface area contributed by atoms with Gasteiger partial charge >= 0.3 is 0 Å². The van der Waals surface area contributed by atoms with Gasteiger partial charge in [0.25, 0.3) is 0 Å².